The molecule has 0 atom stereocenters. The van der Waals surface area contributed by atoms with E-state index in [0.717, 1.165) is 5.69 Å². The maximum Gasteiger partial charge on any atom is 0.267 e. The summed E-state index contributed by atoms with van der Waals surface area (Å²) in [5.41, 5.74) is 1.44. The summed E-state index contributed by atoms with van der Waals surface area (Å²) in [5, 5.41) is 4.14. The standard InChI is InChI=1S/C12H11N5O2/c1-7-3-4-13-9(15-7)5-17-6-14-11-10(12(17)18)8(2)16-19-11/h3-4,6H,5H2,1-2H3. The minimum Gasteiger partial charge on any atom is -0.335 e. The molecule has 96 valence electrons. The first-order valence-corrected chi connectivity index (χ1v) is 5.75. The Morgan fingerprint density at radius 1 is 1.32 bits per heavy atom. The minimum absolute atomic E-state index is 0.200. The second-order valence-corrected chi connectivity index (χ2v) is 4.24. The van der Waals surface area contributed by atoms with Crippen LogP contribution in [0.4, 0.5) is 0 Å². The fraction of sp³-hybridized carbons (Fsp3) is 0.250. The molecule has 0 aromatic carbocycles. The largest absolute Gasteiger partial charge is 0.335 e. The number of hydrogen-bond donors (Lipinski definition) is 0. The summed E-state index contributed by atoms with van der Waals surface area (Å²) in [7, 11) is 0. The Kier molecular flexibility index (Phi) is 2.59. The van der Waals surface area contributed by atoms with Crippen molar-refractivity contribution in [2.45, 2.75) is 20.4 Å². The second kappa shape index (κ2) is 4.27. The number of nitrogens with zero attached hydrogens (tertiary/aromatic N) is 5. The maximum absolute atomic E-state index is 12.3. The first-order chi connectivity index (χ1) is 9.15. The molecule has 0 aliphatic heterocycles. The number of aryl methyl sites for hydroxylation is 2. The van der Waals surface area contributed by atoms with Gasteiger partial charge >= 0.3 is 0 Å². The Labute approximate surface area is 107 Å². The lowest BCUT2D eigenvalue weighted by atomic mass is 10.3. The molecule has 7 nitrogen and oxygen atoms in total. The van der Waals surface area contributed by atoms with Gasteiger partial charge in [0.25, 0.3) is 11.3 Å². The van der Waals surface area contributed by atoms with Crippen molar-refractivity contribution in [3.63, 3.8) is 0 Å². The Hall–Kier alpha value is -2.57. The number of aromatic nitrogens is 5. The molecule has 3 rings (SSSR count). The highest BCUT2D eigenvalue weighted by atomic mass is 16.5. The zero-order valence-electron chi connectivity index (χ0n) is 10.5. The molecule has 0 N–H and O–H groups in total. The molecule has 3 aromatic rings. The van der Waals surface area contributed by atoms with Crippen molar-refractivity contribution >= 4 is 11.1 Å². The van der Waals surface area contributed by atoms with Gasteiger partial charge in [-0.1, -0.05) is 5.16 Å². The smallest absolute Gasteiger partial charge is 0.267 e. The van der Waals surface area contributed by atoms with Gasteiger partial charge < -0.3 is 4.52 Å². The zero-order valence-corrected chi connectivity index (χ0v) is 10.5. The molecule has 0 fully saturated rings. The summed E-state index contributed by atoms with van der Waals surface area (Å²) in [6.07, 6.45) is 3.08. The van der Waals surface area contributed by atoms with Crippen LogP contribution in [0.3, 0.4) is 0 Å². The summed E-state index contributed by atoms with van der Waals surface area (Å²) < 4.78 is 6.39. The highest BCUT2D eigenvalue weighted by molar-refractivity contribution is 5.73. The average molecular weight is 257 g/mol. The molecule has 0 radical (unpaired) electrons. The van der Waals surface area contributed by atoms with Gasteiger partial charge in [-0.25, -0.2) is 15.0 Å². The zero-order chi connectivity index (χ0) is 13.4. The van der Waals surface area contributed by atoms with Crippen LogP contribution in [0, 0.1) is 13.8 Å². The van der Waals surface area contributed by atoms with Crippen molar-refractivity contribution < 1.29 is 4.52 Å². The van der Waals surface area contributed by atoms with Gasteiger partial charge in [0.2, 0.25) is 0 Å². The van der Waals surface area contributed by atoms with Crippen molar-refractivity contribution in [1.29, 1.82) is 0 Å². The topological polar surface area (TPSA) is 86.7 Å². The van der Waals surface area contributed by atoms with E-state index in [4.69, 9.17) is 4.52 Å². The predicted molar refractivity (Wildman–Crippen MR) is 66.7 cm³/mol. The molecule has 19 heavy (non-hydrogen) atoms. The molecular weight excluding hydrogens is 246 g/mol. The highest BCUT2D eigenvalue weighted by Gasteiger charge is 2.12. The lowest BCUT2D eigenvalue weighted by Gasteiger charge is -2.04. The Balaban J connectivity index is 2.08. The fourth-order valence-corrected chi connectivity index (χ4v) is 1.85. The van der Waals surface area contributed by atoms with Gasteiger partial charge in [0.15, 0.2) is 0 Å². The molecule has 0 saturated heterocycles. The molecule has 0 aliphatic carbocycles. The molecule has 0 aliphatic rings. The first kappa shape index (κ1) is 11.5. The third-order valence-corrected chi connectivity index (χ3v) is 2.79. The second-order valence-electron chi connectivity index (χ2n) is 4.24. The number of rotatable bonds is 2. The van der Waals surface area contributed by atoms with Gasteiger partial charge in [-0.15, -0.1) is 0 Å². The third-order valence-electron chi connectivity index (χ3n) is 2.79. The number of hydrogen-bond acceptors (Lipinski definition) is 6. The fourth-order valence-electron chi connectivity index (χ4n) is 1.85. The molecule has 0 bridgehead atoms. The monoisotopic (exact) mass is 257 g/mol. The van der Waals surface area contributed by atoms with E-state index in [1.807, 2.05) is 6.92 Å². The highest BCUT2D eigenvalue weighted by Crippen LogP contribution is 2.09. The van der Waals surface area contributed by atoms with Crippen LogP contribution in [0.15, 0.2) is 27.9 Å². The molecule has 0 saturated carbocycles. The summed E-state index contributed by atoms with van der Waals surface area (Å²) in [6, 6.07) is 1.80. The SMILES string of the molecule is Cc1ccnc(Cn2cnc3onc(C)c3c2=O)n1. The van der Waals surface area contributed by atoms with E-state index in [1.165, 1.54) is 10.9 Å². The van der Waals surface area contributed by atoms with E-state index in [-0.39, 0.29) is 17.8 Å². The number of fused-ring (bicyclic) bond motifs is 1. The van der Waals surface area contributed by atoms with Gasteiger partial charge in [-0.3, -0.25) is 9.36 Å². The Bertz CT molecular complexity index is 805. The normalized spacial score (nSPS) is 11.1. The van der Waals surface area contributed by atoms with Crippen LogP contribution in [0.25, 0.3) is 11.1 Å². The van der Waals surface area contributed by atoms with Crippen LogP contribution < -0.4 is 5.56 Å². The van der Waals surface area contributed by atoms with Crippen LogP contribution in [0.5, 0.6) is 0 Å². The molecule has 3 heterocycles. The van der Waals surface area contributed by atoms with Crippen molar-refractivity contribution in [1.82, 2.24) is 24.7 Å². The molecule has 3 aromatic heterocycles. The summed E-state index contributed by atoms with van der Waals surface area (Å²) >= 11 is 0. The van der Waals surface area contributed by atoms with Crippen LogP contribution in [0.2, 0.25) is 0 Å². The lowest BCUT2D eigenvalue weighted by Crippen LogP contribution is -2.22. The predicted octanol–water partition coefficient (Wildman–Crippen LogP) is 0.840. The van der Waals surface area contributed by atoms with Crippen molar-refractivity contribution in [3.8, 4) is 0 Å². The summed E-state index contributed by atoms with van der Waals surface area (Å²) in [5.74, 6) is 0.567. The molecule has 0 spiro atoms. The van der Waals surface area contributed by atoms with Crippen LogP contribution in [-0.2, 0) is 6.54 Å². The van der Waals surface area contributed by atoms with Crippen molar-refractivity contribution in [2.24, 2.45) is 0 Å². The van der Waals surface area contributed by atoms with E-state index in [2.05, 4.69) is 20.1 Å². The summed E-state index contributed by atoms with van der Waals surface area (Å²) in [4.78, 5) is 24.7. The van der Waals surface area contributed by atoms with E-state index in [1.54, 1.807) is 19.2 Å². The minimum atomic E-state index is -0.200. The molecule has 0 unspecified atom stereocenters. The van der Waals surface area contributed by atoms with Gasteiger partial charge in [0.05, 0.1) is 12.2 Å². The van der Waals surface area contributed by atoms with E-state index in [9.17, 15) is 4.79 Å². The summed E-state index contributed by atoms with van der Waals surface area (Å²) in [6.45, 7) is 3.86. The Morgan fingerprint density at radius 3 is 2.95 bits per heavy atom. The van der Waals surface area contributed by atoms with E-state index in [0.29, 0.717) is 16.9 Å². The van der Waals surface area contributed by atoms with E-state index < -0.39 is 0 Å². The van der Waals surface area contributed by atoms with Crippen molar-refractivity contribution in [3.05, 3.63) is 46.2 Å². The van der Waals surface area contributed by atoms with Gasteiger partial charge in [-0.05, 0) is 19.9 Å². The van der Waals surface area contributed by atoms with E-state index >= 15 is 0 Å². The van der Waals surface area contributed by atoms with Crippen molar-refractivity contribution in [2.75, 3.05) is 0 Å². The maximum atomic E-state index is 12.3. The first-order valence-electron chi connectivity index (χ1n) is 5.75. The Morgan fingerprint density at radius 2 is 2.16 bits per heavy atom. The molecule has 7 heteroatoms. The quantitative estimate of drug-likeness (QED) is 0.676. The van der Waals surface area contributed by atoms with Gasteiger partial charge in [0, 0.05) is 11.9 Å². The van der Waals surface area contributed by atoms with Crippen LogP contribution >= 0.6 is 0 Å². The third kappa shape index (κ3) is 1.99. The molecular formula is C12H11N5O2. The lowest BCUT2D eigenvalue weighted by molar-refractivity contribution is 0.442. The molecule has 0 amide bonds. The van der Waals surface area contributed by atoms with Gasteiger partial charge in [-0.2, -0.15) is 0 Å². The van der Waals surface area contributed by atoms with Gasteiger partial charge in [0.1, 0.15) is 17.5 Å². The van der Waals surface area contributed by atoms with Crippen LogP contribution in [-0.4, -0.2) is 24.7 Å². The van der Waals surface area contributed by atoms with Crippen LogP contribution in [0.1, 0.15) is 17.2 Å². The average Bonchev–Trinajstić information content (AvgIpc) is 2.75.